The minimum Gasteiger partial charge on any atom is -0.493 e. The van der Waals surface area contributed by atoms with Crippen molar-refractivity contribution in [3.8, 4) is 11.5 Å². The summed E-state index contributed by atoms with van der Waals surface area (Å²) in [7, 11) is 1.58. The molecule has 2 amide bonds. The molecule has 0 aliphatic heterocycles. The van der Waals surface area contributed by atoms with Crippen LogP contribution in [-0.4, -0.2) is 48.9 Å². The number of methoxy groups -OCH3 is 1. The number of hydrogen-bond acceptors (Lipinski definition) is 4. The Kier molecular flexibility index (Phi) is 10.9. The van der Waals surface area contributed by atoms with Crippen LogP contribution < -0.4 is 14.8 Å². The topological polar surface area (TPSA) is 67.9 Å². The first-order valence-corrected chi connectivity index (χ1v) is 13.5. The van der Waals surface area contributed by atoms with Gasteiger partial charge in [-0.3, -0.25) is 9.59 Å². The number of nitrogens with zero attached hydrogens (tertiary/aromatic N) is 1. The van der Waals surface area contributed by atoms with E-state index >= 15 is 0 Å². The van der Waals surface area contributed by atoms with Crippen LogP contribution in [0.15, 0.2) is 48.5 Å². The Balaban J connectivity index is 1.93. The molecule has 0 saturated heterocycles. The smallest absolute Gasteiger partial charge is 0.247 e. The molecule has 1 aliphatic carbocycles. The van der Waals surface area contributed by atoms with Gasteiger partial charge in [0.15, 0.2) is 11.5 Å². The summed E-state index contributed by atoms with van der Waals surface area (Å²) in [4.78, 5) is 28.5. The second-order valence-corrected chi connectivity index (χ2v) is 9.85. The number of rotatable bonds is 12. The lowest BCUT2D eigenvalue weighted by molar-refractivity contribution is -0.139. The molecule has 1 N–H and O–H groups in total. The molecule has 1 atom stereocenters. The average molecular weight is 515 g/mol. The monoisotopic (exact) mass is 514 g/mol. The third-order valence-electron chi connectivity index (χ3n) is 6.81. The molecule has 0 unspecified atom stereocenters. The van der Waals surface area contributed by atoms with Gasteiger partial charge in [-0.25, -0.2) is 0 Å². The van der Waals surface area contributed by atoms with E-state index in [0.717, 1.165) is 37.7 Å². The van der Waals surface area contributed by atoms with Crippen molar-refractivity contribution in [1.29, 1.82) is 0 Å². The summed E-state index contributed by atoms with van der Waals surface area (Å²) in [5.41, 5.74) is 1.76. The van der Waals surface area contributed by atoms with Crippen molar-refractivity contribution in [1.82, 2.24) is 10.2 Å². The van der Waals surface area contributed by atoms with Crippen molar-refractivity contribution < 1.29 is 19.1 Å². The van der Waals surface area contributed by atoms with Crippen molar-refractivity contribution in [2.45, 2.75) is 64.5 Å². The Morgan fingerprint density at radius 2 is 1.81 bits per heavy atom. The Labute approximate surface area is 220 Å². The van der Waals surface area contributed by atoms with Gasteiger partial charge in [0.05, 0.1) is 13.7 Å². The van der Waals surface area contributed by atoms with Crippen LogP contribution in [0.3, 0.4) is 0 Å². The van der Waals surface area contributed by atoms with E-state index in [1.165, 1.54) is 0 Å². The third-order valence-corrected chi connectivity index (χ3v) is 7.03. The summed E-state index contributed by atoms with van der Waals surface area (Å²) >= 11 is 6.05. The van der Waals surface area contributed by atoms with Gasteiger partial charge in [-0.15, -0.1) is 11.6 Å². The maximum absolute atomic E-state index is 13.8. The van der Waals surface area contributed by atoms with Crippen LogP contribution in [0.25, 0.3) is 0 Å². The number of benzene rings is 2. The number of carbonyl (C=O) groups excluding carboxylic acids is 2. The van der Waals surface area contributed by atoms with Crippen molar-refractivity contribution in [2.75, 3.05) is 26.1 Å². The van der Waals surface area contributed by atoms with Crippen LogP contribution in [0.5, 0.6) is 11.5 Å². The molecule has 2 aromatic rings. The van der Waals surface area contributed by atoms with Gasteiger partial charge in [-0.05, 0) is 67.7 Å². The second kappa shape index (κ2) is 14.1. The summed E-state index contributed by atoms with van der Waals surface area (Å²) in [5, 5.41) is 3.23. The lowest BCUT2D eigenvalue weighted by atomic mass is 9.87. The zero-order valence-electron chi connectivity index (χ0n) is 21.7. The summed E-state index contributed by atoms with van der Waals surface area (Å²) in [5.74, 6) is 1.15. The van der Waals surface area contributed by atoms with Gasteiger partial charge in [0.2, 0.25) is 11.8 Å². The van der Waals surface area contributed by atoms with Crippen molar-refractivity contribution in [2.24, 2.45) is 5.92 Å². The summed E-state index contributed by atoms with van der Waals surface area (Å²) in [6.45, 7) is 5.22. The predicted octanol–water partition coefficient (Wildman–Crippen LogP) is 5.53. The fraction of sp³-hybridized carbons (Fsp3) is 0.517. The van der Waals surface area contributed by atoms with E-state index in [2.05, 4.69) is 12.2 Å². The van der Waals surface area contributed by atoms with Gasteiger partial charge in [0.1, 0.15) is 11.9 Å². The Morgan fingerprint density at radius 1 is 1.08 bits per heavy atom. The highest BCUT2D eigenvalue weighted by atomic mass is 35.5. The molecular weight excluding hydrogens is 476 g/mol. The molecule has 7 heteroatoms. The van der Waals surface area contributed by atoms with E-state index in [1.807, 2.05) is 49.4 Å². The summed E-state index contributed by atoms with van der Waals surface area (Å²) in [6.07, 6.45) is 5.55. The number of ether oxygens (including phenoxy) is 2. The molecule has 3 rings (SSSR count). The summed E-state index contributed by atoms with van der Waals surface area (Å²) < 4.78 is 11.4. The van der Waals surface area contributed by atoms with E-state index in [1.54, 1.807) is 18.1 Å². The molecule has 196 valence electrons. The maximum Gasteiger partial charge on any atom is 0.247 e. The number of alkyl halides is 1. The van der Waals surface area contributed by atoms with E-state index in [0.29, 0.717) is 42.6 Å². The highest BCUT2D eigenvalue weighted by molar-refractivity contribution is 6.27. The Morgan fingerprint density at radius 3 is 2.44 bits per heavy atom. The van der Waals surface area contributed by atoms with E-state index in [4.69, 9.17) is 21.1 Å². The molecule has 36 heavy (non-hydrogen) atoms. The SMILES string of the molecule is CCCOc1ccc([C@@H](C(=O)NC2CCC(C)CC2)N(CCc2ccccc2)C(=O)CCl)cc1OC. The van der Waals surface area contributed by atoms with Crippen molar-refractivity contribution in [3.05, 3.63) is 59.7 Å². The molecule has 0 radical (unpaired) electrons. The molecule has 1 aliphatic rings. The van der Waals surface area contributed by atoms with Crippen LogP contribution in [0, 0.1) is 5.92 Å². The second-order valence-electron chi connectivity index (χ2n) is 9.58. The quantitative estimate of drug-likeness (QED) is 0.378. The van der Waals surface area contributed by atoms with Crippen LogP contribution in [-0.2, 0) is 16.0 Å². The first kappa shape index (κ1) is 27.9. The maximum atomic E-state index is 13.8. The zero-order valence-corrected chi connectivity index (χ0v) is 22.4. The van der Waals surface area contributed by atoms with Gasteiger partial charge < -0.3 is 19.7 Å². The minimum atomic E-state index is -0.826. The highest BCUT2D eigenvalue weighted by Gasteiger charge is 2.33. The van der Waals surface area contributed by atoms with E-state index in [9.17, 15) is 9.59 Å². The molecule has 2 aromatic carbocycles. The third kappa shape index (κ3) is 7.63. The van der Waals surface area contributed by atoms with Crippen molar-refractivity contribution >= 4 is 23.4 Å². The van der Waals surface area contributed by atoms with Crippen LogP contribution in [0.2, 0.25) is 0 Å². The molecule has 1 saturated carbocycles. The van der Waals surface area contributed by atoms with Crippen molar-refractivity contribution in [3.63, 3.8) is 0 Å². The van der Waals surface area contributed by atoms with Crippen LogP contribution >= 0.6 is 11.6 Å². The normalized spacial score (nSPS) is 18.2. The number of halogens is 1. The van der Waals surface area contributed by atoms with E-state index in [-0.39, 0.29) is 23.7 Å². The van der Waals surface area contributed by atoms with Crippen LogP contribution in [0.4, 0.5) is 0 Å². The Bertz CT molecular complexity index is 976. The fourth-order valence-corrected chi connectivity index (χ4v) is 4.87. The predicted molar refractivity (Wildman–Crippen MR) is 144 cm³/mol. The number of nitrogens with one attached hydrogen (secondary N) is 1. The van der Waals surface area contributed by atoms with Gasteiger partial charge in [0, 0.05) is 12.6 Å². The minimum absolute atomic E-state index is 0.104. The van der Waals surface area contributed by atoms with Crippen LogP contribution in [0.1, 0.15) is 63.1 Å². The number of amides is 2. The van der Waals surface area contributed by atoms with Gasteiger partial charge in [-0.1, -0.05) is 50.2 Å². The average Bonchev–Trinajstić information content (AvgIpc) is 2.91. The number of carbonyl (C=O) groups is 2. The Hall–Kier alpha value is -2.73. The van der Waals surface area contributed by atoms with Gasteiger partial charge >= 0.3 is 0 Å². The fourth-order valence-electron chi connectivity index (χ4n) is 4.71. The molecule has 0 spiro atoms. The highest BCUT2D eigenvalue weighted by Crippen LogP contribution is 2.33. The first-order valence-electron chi connectivity index (χ1n) is 13.0. The molecule has 6 nitrogen and oxygen atoms in total. The standard InChI is InChI=1S/C29H39ClN2O4/c1-4-18-36-25-15-12-23(19-26(25)35-3)28(29(34)31-24-13-10-21(2)11-14-24)32(27(33)20-30)17-16-22-8-6-5-7-9-22/h5-9,12,15,19,21,24,28H,4,10-11,13-14,16-18,20H2,1-3H3,(H,31,34)/t21?,24?,28-/m0/s1. The molecule has 0 bridgehead atoms. The molecular formula is C29H39ClN2O4. The summed E-state index contributed by atoms with van der Waals surface area (Å²) in [6, 6.07) is 14.7. The van der Waals surface area contributed by atoms with E-state index < -0.39 is 6.04 Å². The molecule has 0 heterocycles. The molecule has 1 fully saturated rings. The zero-order chi connectivity index (χ0) is 25.9. The number of hydrogen-bond donors (Lipinski definition) is 1. The van der Waals surface area contributed by atoms with Gasteiger partial charge in [-0.2, -0.15) is 0 Å². The first-order chi connectivity index (χ1) is 17.5. The lowest BCUT2D eigenvalue weighted by Gasteiger charge is -2.34. The molecule has 0 aromatic heterocycles. The lowest BCUT2D eigenvalue weighted by Crippen LogP contribution is -2.48. The van der Waals surface area contributed by atoms with Gasteiger partial charge in [0.25, 0.3) is 0 Å². The largest absolute Gasteiger partial charge is 0.493 e.